The first kappa shape index (κ1) is 20.9. The van der Waals surface area contributed by atoms with Crippen LogP contribution in [0, 0.1) is 5.82 Å². The fourth-order valence-electron chi connectivity index (χ4n) is 3.76. The van der Waals surface area contributed by atoms with Gasteiger partial charge in [0.15, 0.2) is 0 Å². The van der Waals surface area contributed by atoms with Gasteiger partial charge in [0, 0.05) is 37.4 Å². The summed E-state index contributed by atoms with van der Waals surface area (Å²) in [7, 11) is 1.58. The highest BCUT2D eigenvalue weighted by atomic mass is 19.1. The standard InChI is InChI=1S/C23H24FN3O4/c1-15(28)20-21(16-3-9-19(30-2)10-4-16)25-31-22(20)23(29)27-13-11-26(12-14-27)18-7-5-17(24)6-8-18/h3-10,15,28H,11-14H2,1-2H3/t15-/m0/s1. The van der Waals surface area contributed by atoms with Crippen LogP contribution < -0.4 is 9.64 Å². The van der Waals surface area contributed by atoms with Gasteiger partial charge in [-0.1, -0.05) is 5.16 Å². The highest BCUT2D eigenvalue weighted by Crippen LogP contribution is 2.32. The molecule has 0 bridgehead atoms. The van der Waals surface area contributed by atoms with Gasteiger partial charge in [0.1, 0.15) is 17.3 Å². The van der Waals surface area contributed by atoms with Crippen molar-refractivity contribution in [1.82, 2.24) is 10.1 Å². The van der Waals surface area contributed by atoms with E-state index in [1.54, 1.807) is 55.3 Å². The lowest BCUT2D eigenvalue weighted by molar-refractivity contribution is 0.0696. The molecule has 1 atom stereocenters. The van der Waals surface area contributed by atoms with Crippen LogP contribution in [-0.2, 0) is 0 Å². The number of aliphatic hydroxyl groups excluding tert-OH is 1. The number of hydrogen-bond acceptors (Lipinski definition) is 6. The molecule has 0 spiro atoms. The molecule has 8 heteroatoms. The summed E-state index contributed by atoms with van der Waals surface area (Å²) in [5, 5.41) is 14.4. The van der Waals surface area contributed by atoms with Gasteiger partial charge >= 0.3 is 0 Å². The molecule has 162 valence electrons. The van der Waals surface area contributed by atoms with E-state index in [1.165, 1.54) is 12.1 Å². The minimum absolute atomic E-state index is 0.0519. The third kappa shape index (κ3) is 4.25. The number of halogens is 1. The number of carbonyl (C=O) groups is 1. The molecular formula is C23H24FN3O4. The van der Waals surface area contributed by atoms with Crippen LogP contribution in [0.1, 0.15) is 29.1 Å². The lowest BCUT2D eigenvalue weighted by Gasteiger charge is -2.35. The van der Waals surface area contributed by atoms with Crippen molar-refractivity contribution in [2.45, 2.75) is 13.0 Å². The molecular weight excluding hydrogens is 401 g/mol. The SMILES string of the molecule is COc1ccc(-c2noc(C(=O)N3CCN(c4ccc(F)cc4)CC3)c2[C@H](C)O)cc1. The zero-order chi connectivity index (χ0) is 22.0. The van der Waals surface area contributed by atoms with Crippen LogP contribution in [0.25, 0.3) is 11.3 Å². The maximum Gasteiger partial charge on any atom is 0.293 e. The van der Waals surface area contributed by atoms with Crippen LogP contribution in [-0.4, -0.2) is 54.4 Å². The molecule has 1 amide bonds. The normalized spacial score (nSPS) is 15.1. The summed E-state index contributed by atoms with van der Waals surface area (Å²) in [5.41, 5.74) is 2.45. The molecule has 1 aromatic heterocycles. The molecule has 1 saturated heterocycles. The number of aliphatic hydroxyl groups is 1. The number of anilines is 1. The van der Waals surface area contributed by atoms with E-state index >= 15 is 0 Å². The Balaban J connectivity index is 1.52. The Bertz CT molecular complexity index is 1040. The molecule has 7 nitrogen and oxygen atoms in total. The number of methoxy groups -OCH3 is 1. The van der Waals surface area contributed by atoms with Crippen molar-refractivity contribution in [1.29, 1.82) is 0 Å². The van der Waals surface area contributed by atoms with Crippen molar-refractivity contribution >= 4 is 11.6 Å². The number of hydrogen-bond donors (Lipinski definition) is 1. The lowest BCUT2D eigenvalue weighted by Crippen LogP contribution is -2.48. The topological polar surface area (TPSA) is 79.0 Å². The van der Waals surface area contributed by atoms with Gasteiger partial charge in [-0.2, -0.15) is 0 Å². The summed E-state index contributed by atoms with van der Waals surface area (Å²) >= 11 is 0. The van der Waals surface area contributed by atoms with Gasteiger partial charge < -0.3 is 24.2 Å². The van der Waals surface area contributed by atoms with E-state index in [0.29, 0.717) is 43.2 Å². The zero-order valence-electron chi connectivity index (χ0n) is 17.4. The Kier molecular flexibility index (Phi) is 5.90. The molecule has 1 aliphatic heterocycles. The molecule has 0 saturated carbocycles. The van der Waals surface area contributed by atoms with Crippen molar-refractivity contribution in [3.05, 3.63) is 65.7 Å². The number of benzene rings is 2. The van der Waals surface area contributed by atoms with Gasteiger partial charge in [-0.3, -0.25) is 4.79 Å². The fraction of sp³-hybridized carbons (Fsp3) is 0.304. The van der Waals surface area contributed by atoms with E-state index in [0.717, 1.165) is 11.3 Å². The second-order valence-electron chi connectivity index (χ2n) is 7.43. The summed E-state index contributed by atoms with van der Waals surface area (Å²) in [4.78, 5) is 16.9. The number of ether oxygens (including phenoxy) is 1. The predicted octanol–water partition coefficient (Wildman–Crippen LogP) is 3.51. The Morgan fingerprint density at radius 1 is 1.10 bits per heavy atom. The van der Waals surface area contributed by atoms with E-state index in [1.807, 2.05) is 0 Å². The van der Waals surface area contributed by atoms with Gasteiger partial charge in [0.25, 0.3) is 5.91 Å². The van der Waals surface area contributed by atoms with Crippen molar-refractivity contribution in [3.63, 3.8) is 0 Å². The summed E-state index contributed by atoms with van der Waals surface area (Å²) in [5.74, 6) is 0.167. The van der Waals surface area contributed by atoms with Gasteiger partial charge in [0.05, 0.1) is 18.8 Å². The van der Waals surface area contributed by atoms with Gasteiger partial charge in [-0.25, -0.2) is 4.39 Å². The molecule has 1 fully saturated rings. The molecule has 0 unspecified atom stereocenters. The van der Waals surface area contributed by atoms with Gasteiger partial charge in [-0.05, 0) is 55.5 Å². The molecule has 0 aliphatic carbocycles. The van der Waals surface area contributed by atoms with Crippen LogP contribution >= 0.6 is 0 Å². The first-order valence-corrected chi connectivity index (χ1v) is 10.1. The highest BCUT2D eigenvalue weighted by molar-refractivity contribution is 5.95. The molecule has 0 radical (unpaired) electrons. The molecule has 1 N–H and O–H groups in total. The van der Waals surface area contributed by atoms with Gasteiger partial charge in [0.2, 0.25) is 5.76 Å². The van der Waals surface area contributed by atoms with Crippen LogP contribution in [0.3, 0.4) is 0 Å². The Morgan fingerprint density at radius 3 is 2.32 bits per heavy atom. The van der Waals surface area contributed by atoms with Crippen molar-refractivity contribution in [3.8, 4) is 17.0 Å². The molecule has 2 heterocycles. The average molecular weight is 425 g/mol. The zero-order valence-corrected chi connectivity index (χ0v) is 17.4. The molecule has 3 aromatic rings. The quantitative estimate of drug-likeness (QED) is 0.674. The Labute approximate surface area is 179 Å². The molecule has 4 rings (SSSR count). The minimum Gasteiger partial charge on any atom is -0.497 e. The van der Waals surface area contributed by atoms with Gasteiger partial charge in [-0.15, -0.1) is 0 Å². The van der Waals surface area contributed by atoms with E-state index in [2.05, 4.69) is 10.1 Å². The number of amides is 1. The average Bonchev–Trinajstić information content (AvgIpc) is 3.25. The predicted molar refractivity (Wildman–Crippen MR) is 114 cm³/mol. The summed E-state index contributed by atoms with van der Waals surface area (Å²) < 4.78 is 23.8. The van der Waals surface area contributed by atoms with Crippen LogP contribution in [0.2, 0.25) is 0 Å². The van der Waals surface area contributed by atoms with E-state index in [9.17, 15) is 14.3 Å². The third-order valence-electron chi connectivity index (χ3n) is 5.46. The van der Waals surface area contributed by atoms with Crippen molar-refractivity contribution < 1.29 is 23.6 Å². The number of rotatable bonds is 5. The molecule has 1 aliphatic rings. The maximum atomic E-state index is 13.2. The Morgan fingerprint density at radius 2 is 1.74 bits per heavy atom. The number of nitrogens with zero attached hydrogens (tertiary/aromatic N) is 3. The van der Waals surface area contributed by atoms with Crippen molar-refractivity contribution in [2.24, 2.45) is 0 Å². The smallest absolute Gasteiger partial charge is 0.293 e. The van der Waals surface area contributed by atoms with E-state index < -0.39 is 6.10 Å². The Hall–Kier alpha value is -3.39. The maximum absolute atomic E-state index is 13.2. The highest BCUT2D eigenvalue weighted by Gasteiger charge is 2.31. The number of carbonyl (C=O) groups excluding carboxylic acids is 1. The number of piperazine rings is 1. The molecule has 31 heavy (non-hydrogen) atoms. The second-order valence-corrected chi connectivity index (χ2v) is 7.43. The van der Waals surface area contributed by atoms with E-state index in [4.69, 9.17) is 9.26 Å². The third-order valence-corrected chi connectivity index (χ3v) is 5.46. The lowest BCUT2D eigenvalue weighted by atomic mass is 10.0. The first-order chi connectivity index (χ1) is 15.0. The summed E-state index contributed by atoms with van der Waals surface area (Å²) in [6.07, 6.45) is -0.928. The fourth-order valence-corrected chi connectivity index (χ4v) is 3.76. The van der Waals surface area contributed by atoms with E-state index in [-0.39, 0.29) is 17.5 Å². The largest absolute Gasteiger partial charge is 0.497 e. The minimum atomic E-state index is -0.928. The van der Waals surface area contributed by atoms with Crippen LogP contribution in [0.5, 0.6) is 5.75 Å². The first-order valence-electron chi connectivity index (χ1n) is 10.1. The van der Waals surface area contributed by atoms with Crippen LogP contribution in [0.15, 0.2) is 53.1 Å². The van der Waals surface area contributed by atoms with Crippen molar-refractivity contribution in [2.75, 3.05) is 38.2 Å². The van der Waals surface area contributed by atoms with Crippen LogP contribution in [0.4, 0.5) is 10.1 Å². The summed E-state index contributed by atoms with van der Waals surface area (Å²) in [6.45, 7) is 3.77. The molecule has 2 aromatic carbocycles. The second kappa shape index (κ2) is 8.77. The number of aromatic nitrogens is 1. The monoisotopic (exact) mass is 425 g/mol. The summed E-state index contributed by atoms with van der Waals surface area (Å²) in [6, 6.07) is 13.5.